The number of rotatable bonds is 10. The summed E-state index contributed by atoms with van der Waals surface area (Å²) in [4.78, 5) is 11.8. The highest BCUT2D eigenvalue weighted by Crippen LogP contribution is 2.37. The van der Waals surface area contributed by atoms with E-state index in [9.17, 15) is 0 Å². The Morgan fingerprint density at radius 1 is 0.842 bits per heavy atom. The topological polar surface area (TPSA) is 68.3 Å². The van der Waals surface area contributed by atoms with Gasteiger partial charge in [-0.1, -0.05) is 54.6 Å². The number of aryl methyl sites for hydroxylation is 1. The van der Waals surface area contributed by atoms with Crippen molar-refractivity contribution in [3.05, 3.63) is 101 Å². The minimum absolute atomic E-state index is 0.0581. The van der Waals surface area contributed by atoms with Crippen molar-refractivity contribution in [3.63, 3.8) is 0 Å². The third-order valence-corrected chi connectivity index (χ3v) is 7.79. The number of thiophene rings is 1. The number of ether oxygens (including phenoxy) is 2. The van der Waals surface area contributed by atoms with Crippen molar-refractivity contribution in [1.82, 2.24) is 15.3 Å². The number of anilines is 1. The Morgan fingerprint density at radius 2 is 1.58 bits per heavy atom. The van der Waals surface area contributed by atoms with E-state index in [0.29, 0.717) is 17.3 Å². The van der Waals surface area contributed by atoms with Crippen molar-refractivity contribution in [3.8, 4) is 21.9 Å². The zero-order valence-electron chi connectivity index (χ0n) is 22.1. The van der Waals surface area contributed by atoms with E-state index in [0.717, 1.165) is 29.8 Å². The van der Waals surface area contributed by atoms with Gasteiger partial charge in [-0.3, -0.25) is 0 Å². The Labute approximate surface area is 227 Å². The number of hydrogen-bond acceptors (Lipinski definition) is 7. The molecule has 3 aromatic carbocycles. The second kappa shape index (κ2) is 11.6. The van der Waals surface area contributed by atoms with Crippen molar-refractivity contribution in [1.29, 1.82) is 0 Å². The molecule has 5 rings (SSSR count). The molecule has 0 aliphatic rings. The van der Waals surface area contributed by atoms with E-state index in [2.05, 4.69) is 83.2 Å². The predicted octanol–water partition coefficient (Wildman–Crippen LogP) is 7.15. The van der Waals surface area contributed by atoms with Crippen LogP contribution in [0, 0.1) is 6.92 Å². The summed E-state index contributed by atoms with van der Waals surface area (Å²) >= 11 is 1.80. The molecule has 1 atom stereocenters. The molecule has 38 heavy (non-hydrogen) atoms. The number of fused-ring (bicyclic) bond motifs is 1. The minimum Gasteiger partial charge on any atom is -0.493 e. The number of methoxy groups -OCH3 is 2. The normalized spacial score (nSPS) is 11.9. The zero-order chi connectivity index (χ0) is 26.5. The van der Waals surface area contributed by atoms with E-state index in [1.165, 1.54) is 26.4 Å². The van der Waals surface area contributed by atoms with Gasteiger partial charge in [0.1, 0.15) is 11.6 Å². The molecule has 0 spiro atoms. The average molecular weight is 525 g/mol. The molecule has 7 heteroatoms. The van der Waals surface area contributed by atoms with E-state index >= 15 is 0 Å². The standard InChI is InChI=1S/C31H32N4O2S/c1-20(33-31-25-16-27(36-3)28(37-4)17-26(25)34-21(2)35-31)29-14-15-30(38-29)24-13-9-8-12-23(24)19-32-18-22-10-6-5-7-11-22/h5-17,20,32H,18-19H2,1-4H3,(H,33,34,35). The van der Waals surface area contributed by atoms with Crippen molar-refractivity contribution < 1.29 is 9.47 Å². The molecular formula is C31H32N4O2S. The molecule has 0 aliphatic heterocycles. The third-order valence-electron chi connectivity index (χ3n) is 6.49. The summed E-state index contributed by atoms with van der Waals surface area (Å²) in [6.45, 7) is 5.71. The lowest BCUT2D eigenvalue weighted by Crippen LogP contribution is -2.13. The van der Waals surface area contributed by atoms with Gasteiger partial charge < -0.3 is 20.1 Å². The van der Waals surface area contributed by atoms with Gasteiger partial charge in [0, 0.05) is 34.3 Å². The second-order valence-electron chi connectivity index (χ2n) is 9.16. The summed E-state index contributed by atoms with van der Waals surface area (Å²) in [5.41, 5.74) is 4.65. The third kappa shape index (κ3) is 5.64. The first-order chi connectivity index (χ1) is 18.6. The Balaban J connectivity index is 1.35. The number of nitrogens with one attached hydrogen (secondary N) is 2. The SMILES string of the molecule is COc1cc2nc(C)nc(NC(C)c3ccc(-c4ccccc4CNCc4ccccc4)s3)c2cc1OC. The van der Waals surface area contributed by atoms with Crippen LogP contribution >= 0.6 is 11.3 Å². The Hall–Kier alpha value is -3.94. The van der Waals surface area contributed by atoms with Crippen LogP contribution in [-0.2, 0) is 13.1 Å². The van der Waals surface area contributed by atoms with Crippen LogP contribution in [0.4, 0.5) is 5.82 Å². The van der Waals surface area contributed by atoms with E-state index in [4.69, 9.17) is 14.5 Å². The highest BCUT2D eigenvalue weighted by atomic mass is 32.1. The van der Waals surface area contributed by atoms with Crippen molar-refractivity contribution >= 4 is 28.1 Å². The largest absolute Gasteiger partial charge is 0.493 e. The highest BCUT2D eigenvalue weighted by molar-refractivity contribution is 7.15. The van der Waals surface area contributed by atoms with Crippen LogP contribution in [0.2, 0.25) is 0 Å². The smallest absolute Gasteiger partial charge is 0.162 e. The molecule has 2 heterocycles. The van der Waals surface area contributed by atoms with E-state index < -0.39 is 0 Å². The van der Waals surface area contributed by atoms with Crippen LogP contribution in [0.5, 0.6) is 11.5 Å². The van der Waals surface area contributed by atoms with E-state index in [1.54, 1.807) is 25.6 Å². The first-order valence-electron chi connectivity index (χ1n) is 12.6. The van der Waals surface area contributed by atoms with Gasteiger partial charge in [-0.25, -0.2) is 9.97 Å². The Kier molecular flexibility index (Phi) is 7.86. The second-order valence-corrected chi connectivity index (χ2v) is 10.3. The van der Waals surface area contributed by atoms with Crippen LogP contribution in [-0.4, -0.2) is 24.2 Å². The number of nitrogens with zero attached hydrogens (tertiary/aromatic N) is 2. The fraction of sp³-hybridized carbons (Fsp3) is 0.226. The number of hydrogen-bond donors (Lipinski definition) is 2. The molecule has 194 valence electrons. The van der Waals surface area contributed by atoms with Crippen LogP contribution in [0.3, 0.4) is 0 Å². The molecule has 0 saturated heterocycles. The first-order valence-corrected chi connectivity index (χ1v) is 13.5. The summed E-state index contributed by atoms with van der Waals surface area (Å²) in [5.74, 6) is 2.78. The lowest BCUT2D eigenvalue weighted by Gasteiger charge is -2.17. The summed E-state index contributed by atoms with van der Waals surface area (Å²) < 4.78 is 11.0. The van der Waals surface area contributed by atoms with Crippen LogP contribution in [0.25, 0.3) is 21.3 Å². The maximum absolute atomic E-state index is 5.52. The summed E-state index contributed by atoms with van der Waals surface area (Å²) in [5, 5.41) is 8.10. The zero-order valence-corrected chi connectivity index (χ0v) is 22.9. The maximum Gasteiger partial charge on any atom is 0.162 e. The molecule has 0 bridgehead atoms. The highest BCUT2D eigenvalue weighted by Gasteiger charge is 2.16. The molecule has 0 radical (unpaired) electrons. The summed E-state index contributed by atoms with van der Waals surface area (Å²) in [7, 11) is 3.27. The molecule has 0 saturated carbocycles. The minimum atomic E-state index is 0.0581. The summed E-state index contributed by atoms with van der Waals surface area (Å²) in [6.07, 6.45) is 0. The van der Waals surface area contributed by atoms with Crippen LogP contribution < -0.4 is 20.1 Å². The molecule has 5 aromatic rings. The lowest BCUT2D eigenvalue weighted by molar-refractivity contribution is 0.356. The average Bonchev–Trinajstić information content (AvgIpc) is 3.43. The number of benzene rings is 3. The van der Waals surface area contributed by atoms with Crippen molar-refractivity contribution in [2.45, 2.75) is 33.0 Å². The van der Waals surface area contributed by atoms with Crippen molar-refractivity contribution in [2.24, 2.45) is 0 Å². The van der Waals surface area contributed by atoms with Gasteiger partial charge in [0.25, 0.3) is 0 Å². The van der Waals surface area contributed by atoms with Crippen molar-refractivity contribution in [2.75, 3.05) is 19.5 Å². The Bertz CT molecular complexity index is 1530. The molecule has 2 aromatic heterocycles. The number of aromatic nitrogens is 2. The van der Waals surface area contributed by atoms with Gasteiger partial charge in [-0.15, -0.1) is 11.3 Å². The molecule has 0 aliphatic carbocycles. The fourth-order valence-electron chi connectivity index (χ4n) is 4.54. The van der Waals surface area contributed by atoms with E-state index in [1.807, 2.05) is 25.1 Å². The molecular weight excluding hydrogens is 492 g/mol. The fourth-order valence-corrected chi connectivity index (χ4v) is 5.61. The molecule has 0 fully saturated rings. The quantitative estimate of drug-likeness (QED) is 0.202. The predicted molar refractivity (Wildman–Crippen MR) is 156 cm³/mol. The first kappa shape index (κ1) is 25.7. The monoisotopic (exact) mass is 524 g/mol. The van der Waals surface area contributed by atoms with Crippen LogP contribution in [0.1, 0.15) is 34.8 Å². The molecule has 6 nitrogen and oxygen atoms in total. The van der Waals surface area contributed by atoms with E-state index in [-0.39, 0.29) is 6.04 Å². The molecule has 2 N–H and O–H groups in total. The lowest BCUT2D eigenvalue weighted by atomic mass is 10.1. The van der Waals surface area contributed by atoms with Gasteiger partial charge in [0.2, 0.25) is 0 Å². The molecule has 0 amide bonds. The van der Waals surface area contributed by atoms with Gasteiger partial charge in [-0.05, 0) is 48.7 Å². The van der Waals surface area contributed by atoms with Gasteiger partial charge in [0.15, 0.2) is 11.5 Å². The summed E-state index contributed by atoms with van der Waals surface area (Å²) in [6, 6.07) is 27.4. The van der Waals surface area contributed by atoms with Gasteiger partial charge >= 0.3 is 0 Å². The van der Waals surface area contributed by atoms with Gasteiger partial charge in [0.05, 0.1) is 25.8 Å². The maximum atomic E-state index is 5.52. The van der Waals surface area contributed by atoms with Crippen LogP contribution in [0.15, 0.2) is 78.9 Å². The van der Waals surface area contributed by atoms with Gasteiger partial charge in [-0.2, -0.15) is 0 Å². The molecule has 1 unspecified atom stereocenters. The Morgan fingerprint density at radius 3 is 2.37 bits per heavy atom.